The van der Waals surface area contributed by atoms with Gasteiger partial charge in [0.2, 0.25) is 0 Å². The van der Waals surface area contributed by atoms with Gasteiger partial charge in [-0.3, -0.25) is 9.36 Å². The lowest BCUT2D eigenvalue weighted by Crippen LogP contribution is -2.54. The topological polar surface area (TPSA) is 145 Å². The molecule has 4 aromatic carbocycles. The molecule has 2 aliphatic heterocycles. The molecule has 2 saturated heterocycles. The normalized spacial score (nSPS) is 20.3. The van der Waals surface area contributed by atoms with Crippen LogP contribution in [0.1, 0.15) is 38.8 Å². The first-order chi connectivity index (χ1) is 26.5. The van der Waals surface area contributed by atoms with Crippen molar-refractivity contribution in [2.24, 2.45) is 0 Å². The molecule has 2 N–H and O–H groups in total. The predicted octanol–water partition coefficient (Wildman–Crippen LogP) is 4.82. The minimum absolute atomic E-state index is 0.0190. The van der Waals surface area contributed by atoms with Crippen molar-refractivity contribution >= 4 is 17.8 Å². The highest BCUT2D eigenvalue weighted by molar-refractivity contribution is 6.04. The van der Waals surface area contributed by atoms with E-state index in [0.717, 1.165) is 16.7 Å². The van der Waals surface area contributed by atoms with Gasteiger partial charge in [-0.2, -0.15) is 4.98 Å². The maximum atomic E-state index is 13.7. The second-order valence-corrected chi connectivity index (χ2v) is 13.9. The van der Waals surface area contributed by atoms with Crippen LogP contribution in [0.25, 0.3) is 0 Å². The van der Waals surface area contributed by atoms with E-state index in [1.807, 2.05) is 78.9 Å². The number of fused-ring (bicyclic) bond motifs is 2. The maximum absolute atomic E-state index is 13.7. The van der Waals surface area contributed by atoms with Gasteiger partial charge in [-0.05, 0) is 60.0 Å². The van der Waals surface area contributed by atoms with Crippen molar-refractivity contribution in [2.45, 2.75) is 36.5 Å². The quantitative estimate of drug-likeness (QED) is 0.182. The number of morpholine rings is 1. The molecule has 3 heterocycles. The van der Waals surface area contributed by atoms with Crippen LogP contribution < -0.4 is 20.5 Å². The first-order valence-corrected chi connectivity index (χ1v) is 17.8. The zero-order chi connectivity index (χ0) is 38.9. The number of carbonyl (C=O) groups is 2. The number of aliphatic hydroxyl groups excluding tert-OH is 1. The molecule has 0 unspecified atom stereocenters. The molecule has 13 heteroatoms. The number of aliphatic hydroxyl groups is 1. The van der Waals surface area contributed by atoms with E-state index in [1.54, 1.807) is 65.6 Å². The molecule has 4 atom stereocenters. The number of ether oxygens (including phenoxy) is 4. The van der Waals surface area contributed by atoms with Crippen LogP contribution in [-0.4, -0.2) is 95.6 Å². The molecule has 13 nitrogen and oxygen atoms in total. The Hall–Kier alpha value is -6.02. The summed E-state index contributed by atoms with van der Waals surface area (Å²) in [5.74, 6) is 0.986. The highest BCUT2D eigenvalue weighted by Crippen LogP contribution is 2.49. The lowest BCUT2D eigenvalue weighted by atomic mass is 9.79. The second-order valence-electron chi connectivity index (χ2n) is 13.9. The number of aromatic nitrogens is 2. The number of hydrogen-bond donors (Lipinski definition) is 2. The first-order valence-electron chi connectivity index (χ1n) is 17.8. The van der Waals surface area contributed by atoms with Gasteiger partial charge in [-0.15, -0.1) is 0 Å². The van der Waals surface area contributed by atoms with E-state index in [9.17, 15) is 19.5 Å². The summed E-state index contributed by atoms with van der Waals surface area (Å²) in [6.45, 7) is 1.49. The molecule has 5 aromatic rings. The second kappa shape index (κ2) is 15.0. The summed E-state index contributed by atoms with van der Waals surface area (Å²) >= 11 is 0. The van der Waals surface area contributed by atoms with Gasteiger partial charge in [-0.1, -0.05) is 72.8 Å². The number of urea groups is 1. The number of aryl methyl sites for hydroxylation is 1. The molecule has 0 spiro atoms. The van der Waals surface area contributed by atoms with Gasteiger partial charge < -0.3 is 39.2 Å². The number of methoxy groups -OCH3 is 2. The third-order valence-corrected chi connectivity index (χ3v) is 10.3. The van der Waals surface area contributed by atoms with Gasteiger partial charge in [0.25, 0.3) is 5.91 Å². The van der Waals surface area contributed by atoms with Crippen molar-refractivity contribution in [1.82, 2.24) is 19.4 Å². The molecule has 2 aliphatic rings. The zero-order valence-corrected chi connectivity index (χ0v) is 31.2. The molecular weight excluding hydrogens is 702 g/mol. The molecule has 3 amide bonds. The Kier molecular flexibility index (Phi) is 10.2. The van der Waals surface area contributed by atoms with Crippen LogP contribution in [0, 0.1) is 6.92 Å². The molecule has 0 saturated carbocycles. The van der Waals surface area contributed by atoms with Crippen LogP contribution in [0.4, 0.5) is 10.6 Å². The van der Waals surface area contributed by atoms with Crippen molar-refractivity contribution in [2.75, 3.05) is 46.8 Å². The highest BCUT2D eigenvalue weighted by Gasteiger charge is 2.66. The van der Waals surface area contributed by atoms with Crippen molar-refractivity contribution in [3.8, 4) is 11.5 Å². The zero-order valence-electron chi connectivity index (χ0n) is 31.2. The summed E-state index contributed by atoms with van der Waals surface area (Å²) in [5, 5.41) is 14.9. The Bertz CT molecular complexity index is 2170. The summed E-state index contributed by atoms with van der Waals surface area (Å²) in [6, 6.07) is 32.0. The Morgan fingerprint density at radius 3 is 1.98 bits per heavy atom. The van der Waals surface area contributed by atoms with E-state index in [2.05, 4.69) is 10.3 Å². The van der Waals surface area contributed by atoms with Crippen molar-refractivity contribution in [3.05, 3.63) is 154 Å². The first kappa shape index (κ1) is 37.3. The van der Waals surface area contributed by atoms with E-state index >= 15 is 0 Å². The number of carbonyl (C=O) groups excluding carboxylic acids is 2. The minimum atomic E-state index is -1.48. The number of amides is 3. The number of anilines is 1. The SMILES string of the molecule is COc1ccc(C(OC[C@@]23CN(C(=O)N(C)C)[C@@H]([C@H](n4cc(C)c(NC(=O)c5ccccc5)nc4=O)O2)[C@@H]3O)(c2ccccc2)c2ccc(OC)cc2)cc1. The Morgan fingerprint density at radius 2 is 1.44 bits per heavy atom. The van der Waals surface area contributed by atoms with Crippen LogP contribution in [0.5, 0.6) is 11.5 Å². The van der Waals surface area contributed by atoms with E-state index < -0.39 is 41.2 Å². The minimum Gasteiger partial charge on any atom is -0.497 e. The van der Waals surface area contributed by atoms with E-state index in [0.29, 0.717) is 22.6 Å². The molecule has 2 bridgehead atoms. The van der Waals surface area contributed by atoms with Gasteiger partial charge in [0.05, 0.1) is 27.4 Å². The van der Waals surface area contributed by atoms with Gasteiger partial charge in [-0.25, -0.2) is 9.59 Å². The van der Waals surface area contributed by atoms with E-state index in [1.165, 1.54) is 20.6 Å². The fourth-order valence-corrected chi connectivity index (χ4v) is 7.48. The lowest BCUT2D eigenvalue weighted by Gasteiger charge is -2.41. The molecule has 7 rings (SSSR count). The predicted molar refractivity (Wildman–Crippen MR) is 204 cm³/mol. The van der Waals surface area contributed by atoms with Crippen LogP contribution in [-0.2, 0) is 15.1 Å². The summed E-state index contributed by atoms with van der Waals surface area (Å²) < 4.78 is 26.1. The van der Waals surface area contributed by atoms with Crippen molar-refractivity contribution < 1.29 is 33.6 Å². The Morgan fingerprint density at radius 1 is 0.891 bits per heavy atom. The van der Waals surface area contributed by atoms with Crippen LogP contribution >= 0.6 is 0 Å². The molecule has 55 heavy (non-hydrogen) atoms. The molecule has 1 aromatic heterocycles. The molecular formula is C42H43N5O8. The van der Waals surface area contributed by atoms with Crippen LogP contribution in [0.3, 0.4) is 0 Å². The number of likely N-dealkylation sites (tertiary alicyclic amines) is 1. The number of hydrogen-bond acceptors (Lipinski definition) is 9. The van der Waals surface area contributed by atoms with Crippen LogP contribution in [0.2, 0.25) is 0 Å². The highest BCUT2D eigenvalue weighted by atomic mass is 16.6. The van der Waals surface area contributed by atoms with E-state index in [-0.39, 0.29) is 25.0 Å². The molecule has 0 aliphatic carbocycles. The Labute approximate surface area is 318 Å². The summed E-state index contributed by atoms with van der Waals surface area (Å²) in [5.41, 5.74) is -0.251. The molecule has 0 radical (unpaired) electrons. The monoisotopic (exact) mass is 745 g/mol. The van der Waals surface area contributed by atoms with Crippen molar-refractivity contribution in [1.29, 1.82) is 0 Å². The third kappa shape index (κ3) is 6.71. The number of benzene rings is 4. The van der Waals surface area contributed by atoms with Gasteiger partial charge in [0.15, 0.2) is 6.23 Å². The lowest BCUT2D eigenvalue weighted by molar-refractivity contribution is -0.174. The third-order valence-electron chi connectivity index (χ3n) is 10.3. The number of nitrogens with one attached hydrogen (secondary N) is 1. The molecule has 2 fully saturated rings. The fraction of sp³-hybridized carbons (Fsp3) is 0.286. The smallest absolute Gasteiger partial charge is 0.351 e. The fourth-order valence-electron chi connectivity index (χ4n) is 7.48. The summed E-state index contributed by atoms with van der Waals surface area (Å²) in [7, 11) is 6.44. The Balaban J connectivity index is 1.29. The summed E-state index contributed by atoms with van der Waals surface area (Å²) in [6.07, 6.45) is -0.891. The van der Waals surface area contributed by atoms with Gasteiger partial charge in [0, 0.05) is 31.4 Å². The average Bonchev–Trinajstić information content (AvgIpc) is 3.66. The largest absolute Gasteiger partial charge is 0.497 e. The van der Waals surface area contributed by atoms with Gasteiger partial charge >= 0.3 is 11.7 Å². The maximum Gasteiger partial charge on any atom is 0.351 e. The number of rotatable bonds is 11. The standard InChI is InChI=1S/C42H43N5O8/c1-27-24-46(39(50)44-36(27)43-37(49)28-12-8-6-9-13-28)38-34-35(48)41(55-38,25-47(34)40(51)45(2)3)26-54-42(29-14-10-7-11-15-29,30-16-20-32(52-4)21-17-30)31-18-22-33(53-5)23-19-31/h6-24,34-35,38,48H,25-26H2,1-5H3,(H,43,44,49,50)/t34-,35+,38-,41-/m1/s1. The average molecular weight is 746 g/mol. The van der Waals surface area contributed by atoms with Crippen LogP contribution in [0.15, 0.2) is 120 Å². The molecule has 284 valence electrons. The van der Waals surface area contributed by atoms with Crippen molar-refractivity contribution in [3.63, 3.8) is 0 Å². The number of nitrogens with zero attached hydrogens (tertiary/aromatic N) is 4. The van der Waals surface area contributed by atoms with E-state index in [4.69, 9.17) is 18.9 Å². The van der Waals surface area contributed by atoms with Gasteiger partial charge in [0.1, 0.15) is 40.7 Å². The summed E-state index contributed by atoms with van der Waals surface area (Å²) in [4.78, 5) is 47.5.